The van der Waals surface area contributed by atoms with E-state index in [1.807, 2.05) is 11.4 Å². The fourth-order valence-corrected chi connectivity index (χ4v) is 1.84. The van der Waals surface area contributed by atoms with E-state index in [2.05, 4.69) is 16.4 Å². The molecule has 3 N–H and O–H groups in total. The number of hydrogen-bond donors (Lipinski definition) is 2. The van der Waals surface area contributed by atoms with Gasteiger partial charge < -0.3 is 11.1 Å². The minimum absolute atomic E-state index is 0.490. The zero-order valence-electron chi connectivity index (χ0n) is 8.47. The van der Waals surface area contributed by atoms with E-state index in [0.29, 0.717) is 17.8 Å². The van der Waals surface area contributed by atoms with Crippen LogP contribution in [-0.2, 0) is 6.54 Å². The molecule has 16 heavy (non-hydrogen) atoms. The number of nitrogens with one attached hydrogen (secondary N) is 1. The Kier molecular flexibility index (Phi) is 3.03. The number of nitriles is 1. The molecule has 5 heteroatoms. The molecule has 0 spiro atoms. The Hall–Kier alpha value is -2.06. The molecule has 0 saturated carbocycles. The summed E-state index contributed by atoms with van der Waals surface area (Å²) >= 11 is 1.59. The Bertz CT molecular complexity index is 513. The molecule has 1 aromatic heterocycles. The van der Waals surface area contributed by atoms with Gasteiger partial charge in [-0.05, 0) is 18.2 Å². The van der Waals surface area contributed by atoms with Gasteiger partial charge >= 0.3 is 0 Å². The summed E-state index contributed by atoms with van der Waals surface area (Å²) < 4.78 is 0. The third-order valence-corrected chi connectivity index (χ3v) is 2.88. The van der Waals surface area contributed by atoms with Crippen LogP contribution in [0.3, 0.4) is 0 Å². The van der Waals surface area contributed by atoms with E-state index in [9.17, 15) is 0 Å². The van der Waals surface area contributed by atoms with E-state index in [0.717, 1.165) is 10.7 Å². The van der Waals surface area contributed by atoms with Crippen LogP contribution in [0.5, 0.6) is 0 Å². The summed E-state index contributed by atoms with van der Waals surface area (Å²) in [5.41, 5.74) is 7.50. The van der Waals surface area contributed by atoms with E-state index < -0.39 is 0 Å². The lowest BCUT2D eigenvalue weighted by molar-refractivity contribution is 1.10. The average Bonchev–Trinajstić information content (AvgIpc) is 2.81. The van der Waals surface area contributed by atoms with Gasteiger partial charge in [0.25, 0.3) is 0 Å². The molecule has 0 aliphatic heterocycles. The largest absolute Gasteiger partial charge is 0.398 e. The highest BCUT2D eigenvalue weighted by atomic mass is 32.1. The van der Waals surface area contributed by atoms with Gasteiger partial charge in [-0.2, -0.15) is 5.26 Å². The van der Waals surface area contributed by atoms with Gasteiger partial charge in [-0.3, -0.25) is 0 Å². The van der Waals surface area contributed by atoms with Gasteiger partial charge in [0.05, 0.1) is 12.1 Å². The zero-order chi connectivity index (χ0) is 11.4. The fraction of sp³-hybridized carbons (Fsp3) is 0.0909. The summed E-state index contributed by atoms with van der Waals surface area (Å²) in [4.78, 5) is 4.16. The zero-order valence-corrected chi connectivity index (χ0v) is 9.29. The number of benzene rings is 1. The van der Waals surface area contributed by atoms with Gasteiger partial charge in [-0.1, -0.05) is 0 Å². The second kappa shape index (κ2) is 4.64. The number of nitrogens with two attached hydrogens (primary N) is 1. The van der Waals surface area contributed by atoms with Crippen molar-refractivity contribution >= 4 is 22.7 Å². The first-order valence-corrected chi connectivity index (χ1v) is 5.59. The first-order chi connectivity index (χ1) is 7.79. The number of nitrogen functional groups attached to an aromatic ring is 1. The molecule has 0 unspecified atom stereocenters. The maximum Gasteiger partial charge on any atom is 0.112 e. The Balaban J connectivity index is 2.08. The van der Waals surface area contributed by atoms with Gasteiger partial charge in [-0.15, -0.1) is 11.3 Å². The topological polar surface area (TPSA) is 74.7 Å². The highest BCUT2D eigenvalue weighted by Crippen LogP contribution is 2.17. The molecule has 0 aliphatic rings. The summed E-state index contributed by atoms with van der Waals surface area (Å²) in [6.07, 6.45) is 1.77. The highest BCUT2D eigenvalue weighted by molar-refractivity contribution is 7.09. The van der Waals surface area contributed by atoms with Gasteiger partial charge in [0.1, 0.15) is 11.1 Å². The van der Waals surface area contributed by atoms with Gasteiger partial charge in [0, 0.05) is 23.0 Å². The number of aromatic nitrogens is 1. The molecule has 0 atom stereocenters. The summed E-state index contributed by atoms with van der Waals surface area (Å²) in [7, 11) is 0. The smallest absolute Gasteiger partial charge is 0.112 e. The number of thiazole rings is 1. The first kappa shape index (κ1) is 10.5. The van der Waals surface area contributed by atoms with Crippen LogP contribution in [0.2, 0.25) is 0 Å². The van der Waals surface area contributed by atoms with E-state index in [1.165, 1.54) is 0 Å². The van der Waals surface area contributed by atoms with Crippen LogP contribution in [0.1, 0.15) is 10.6 Å². The SMILES string of the molecule is N#Cc1cc(NCc2nccs2)ccc1N. The maximum absolute atomic E-state index is 8.83. The van der Waals surface area contributed by atoms with Crippen molar-refractivity contribution in [1.29, 1.82) is 5.26 Å². The van der Waals surface area contributed by atoms with Crippen LogP contribution in [0.15, 0.2) is 29.8 Å². The molecular weight excluding hydrogens is 220 g/mol. The van der Waals surface area contributed by atoms with Crippen molar-refractivity contribution < 1.29 is 0 Å². The molecule has 0 radical (unpaired) electrons. The summed E-state index contributed by atoms with van der Waals surface area (Å²) in [5, 5.41) is 15.0. The van der Waals surface area contributed by atoms with Crippen LogP contribution in [0.4, 0.5) is 11.4 Å². The lowest BCUT2D eigenvalue weighted by Crippen LogP contribution is -2.00. The molecule has 1 heterocycles. The molecule has 0 bridgehead atoms. The minimum atomic E-state index is 0.490. The number of nitrogens with zero attached hydrogens (tertiary/aromatic N) is 2. The predicted molar refractivity (Wildman–Crippen MR) is 65.0 cm³/mol. The quantitative estimate of drug-likeness (QED) is 0.793. The summed E-state index contributed by atoms with van der Waals surface area (Å²) in [5.74, 6) is 0. The van der Waals surface area contributed by atoms with Crippen LogP contribution >= 0.6 is 11.3 Å². The van der Waals surface area contributed by atoms with E-state index in [1.54, 1.807) is 29.7 Å². The molecule has 0 aliphatic carbocycles. The molecule has 80 valence electrons. The van der Waals surface area contributed by atoms with E-state index >= 15 is 0 Å². The van der Waals surface area contributed by atoms with E-state index in [-0.39, 0.29) is 0 Å². The van der Waals surface area contributed by atoms with E-state index in [4.69, 9.17) is 11.0 Å². The Morgan fingerprint density at radius 1 is 1.50 bits per heavy atom. The van der Waals surface area contributed by atoms with Crippen molar-refractivity contribution in [3.8, 4) is 6.07 Å². The third kappa shape index (κ3) is 2.30. The third-order valence-electron chi connectivity index (χ3n) is 2.10. The normalized spacial score (nSPS) is 9.69. The molecule has 1 aromatic carbocycles. The summed E-state index contributed by atoms with van der Waals surface area (Å²) in [6.45, 7) is 0.659. The highest BCUT2D eigenvalue weighted by Gasteiger charge is 2.00. The number of hydrogen-bond acceptors (Lipinski definition) is 5. The second-order valence-electron chi connectivity index (χ2n) is 3.19. The molecule has 2 rings (SSSR count). The molecule has 0 fully saturated rings. The number of anilines is 2. The monoisotopic (exact) mass is 230 g/mol. The lowest BCUT2D eigenvalue weighted by atomic mass is 10.2. The predicted octanol–water partition coefficient (Wildman–Crippen LogP) is 2.21. The van der Waals surface area contributed by atoms with Crippen molar-refractivity contribution in [3.63, 3.8) is 0 Å². The van der Waals surface area contributed by atoms with Crippen LogP contribution in [-0.4, -0.2) is 4.98 Å². The number of rotatable bonds is 3. The minimum Gasteiger partial charge on any atom is -0.398 e. The first-order valence-electron chi connectivity index (χ1n) is 4.71. The Morgan fingerprint density at radius 3 is 3.06 bits per heavy atom. The van der Waals surface area contributed by atoms with Crippen molar-refractivity contribution in [2.75, 3.05) is 11.1 Å². The average molecular weight is 230 g/mol. The molecule has 0 saturated heterocycles. The van der Waals surface area contributed by atoms with Crippen molar-refractivity contribution in [1.82, 2.24) is 4.98 Å². The van der Waals surface area contributed by atoms with Crippen LogP contribution in [0.25, 0.3) is 0 Å². The summed E-state index contributed by atoms with van der Waals surface area (Å²) in [6, 6.07) is 7.37. The van der Waals surface area contributed by atoms with Gasteiger partial charge in [-0.25, -0.2) is 4.98 Å². The fourth-order valence-electron chi connectivity index (χ4n) is 1.28. The molecule has 0 amide bonds. The Labute approximate surface area is 97.4 Å². The van der Waals surface area contributed by atoms with Crippen molar-refractivity contribution in [2.45, 2.75) is 6.54 Å². The lowest BCUT2D eigenvalue weighted by Gasteiger charge is -2.05. The van der Waals surface area contributed by atoms with Crippen molar-refractivity contribution in [2.24, 2.45) is 0 Å². The van der Waals surface area contributed by atoms with Crippen molar-refractivity contribution in [3.05, 3.63) is 40.3 Å². The van der Waals surface area contributed by atoms with Gasteiger partial charge in [0.2, 0.25) is 0 Å². The standard InChI is InChI=1S/C11H10N4S/c12-6-8-5-9(1-2-10(8)13)15-7-11-14-3-4-16-11/h1-5,15H,7,13H2. The van der Waals surface area contributed by atoms with Crippen LogP contribution in [0, 0.1) is 11.3 Å². The molecule has 2 aromatic rings. The molecule has 4 nitrogen and oxygen atoms in total. The molecular formula is C11H10N4S. The Morgan fingerprint density at radius 2 is 2.38 bits per heavy atom. The maximum atomic E-state index is 8.83. The van der Waals surface area contributed by atoms with Crippen LogP contribution < -0.4 is 11.1 Å². The second-order valence-corrected chi connectivity index (χ2v) is 4.17. The van der Waals surface area contributed by atoms with Gasteiger partial charge in [0.15, 0.2) is 0 Å².